The molecule has 0 aliphatic carbocycles. The number of nitrogens with zero attached hydrogens (tertiary/aromatic N) is 4. The van der Waals surface area contributed by atoms with Crippen molar-refractivity contribution in [2.75, 3.05) is 36.4 Å². The number of carbonyl (C=O) groups is 1. The fraction of sp³-hybridized carbons (Fsp3) is 0.444. The molecule has 0 spiro atoms. The lowest BCUT2D eigenvalue weighted by Gasteiger charge is -2.21. The Hall–Kier alpha value is -2.70. The van der Waals surface area contributed by atoms with Gasteiger partial charge in [0.05, 0.1) is 11.8 Å². The van der Waals surface area contributed by atoms with Gasteiger partial charge in [0.2, 0.25) is 0 Å². The molecule has 0 aromatic carbocycles. The van der Waals surface area contributed by atoms with Gasteiger partial charge < -0.3 is 15.5 Å². The van der Waals surface area contributed by atoms with Gasteiger partial charge in [-0.25, -0.2) is 9.97 Å². The Kier molecular flexibility index (Phi) is 6.14. The Morgan fingerprint density at radius 3 is 2.52 bits per heavy atom. The number of hydrogen-bond donors (Lipinski definition) is 2. The van der Waals surface area contributed by atoms with Crippen molar-refractivity contribution in [3.8, 4) is 0 Å². The number of hydrogen-bond acceptors (Lipinski definition) is 6. The van der Waals surface area contributed by atoms with E-state index in [1.165, 1.54) is 25.7 Å². The first kappa shape index (κ1) is 17.1. The normalized spacial score (nSPS) is 14.6. The summed E-state index contributed by atoms with van der Waals surface area (Å²) in [6.45, 7) is 3.19. The van der Waals surface area contributed by atoms with Crippen LogP contribution in [0.1, 0.15) is 36.0 Å². The first-order chi connectivity index (χ1) is 12.3. The third kappa shape index (κ3) is 5.14. The molecule has 1 fully saturated rings. The van der Waals surface area contributed by atoms with Crippen LogP contribution in [-0.2, 0) is 0 Å². The van der Waals surface area contributed by atoms with Crippen LogP contribution < -0.4 is 15.5 Å². The lowest BCUT2D eigenvalue weighted by molar-refractivity contribution is 0.0955. The molecule has 132 valence electrons. The van der Waals surface area contributed by atoms with E-state index in [0.29, 0.717) is 24.5 Å². The molecule has 3 heterocycles. The van der Waals surface area contributed by atoms with E-state index in [1.807, 2.05) is 12.1 Å². The molecule has 1 amide bonds. The standard InChI is InChI=1S/C18H24N6O/c25-18(22-10-9-21-16-14-19-7-8-20-16)15-5-6-17(23-13-15)24-11-3-1-2-4-12-24/h5-8,13-14H,1-4,9-12H2,(H,20,21)(H,22,25). The molecule has 2 N–H and O–H groups in total. The van der Waals surface area contributed by atoms with E-state index in [4.69, 9.17) is 0 Å². The van der Waals surface area contributed by atoms with E-state index in [1.54, 1.807) is 24.8 Å². The molecule has 2 aromatic rings. The van der Waals surface area contributed by atoms with Gasteiger partial charge in [-0.15, -0.1) is 0 Å². The van der Waals surface area contributed by atoms with Crippen molar-refractivity contribution in [2.24, 2.45) is 0 Å². The van der Waals surface area contributed by atoms with E-state index in [0.717, 1.165) is 18.9 Å². The Bertz CT molecular complexity index is 653. The second-order valence-corrected chi connectivity index (χ2v) is 6.08. The van der Waals surface area contributed by atoms with E-state index in [9.17, 15) is 4.79 Å². The number of anilines is 2. The van der Waals surface area contributed by atoms with Crippen molar-refractivity contribution in [2.45, 2.75) is 25.7 Å². The van der Waals surface area contributed by atoms with Crippen LogP contribution in [0.2, 0.25) is 0 Å². The van der Waals surface area contributed by atoms with Gasteiger partial charge in [0.1, 0.15) is 11.6 Å². The first-order valence-corrected chi connectivity index (χ1v) is 8.82. The van der Waals surface area contributed by atoms with E-state index in [-0.39, 0.29) is 5.91 Å². The quantitative estimate of drug-likeness (QED) is 0.784. The molecule has 2 aromatic heterocycles. The molecule has 0 radical (unpaired) electrons. The van der Waals surface area contributed by atoms with Gasteiger partial charge in [-0.3, -0.25) is 9.78 Å². The van der Waals surface area contributed by atoms with Crippen LogP contribution in [-0.4, -0.2) is 47.0 Å². The zero-order valence-electron chi connectivity index (χ0n) is 14.3. The minimum atomic E-state index is -0.115. The highest BCUT2D eigenvalue weighted by Crippen LogP contribution is 2.17. The zero-order chi connectivity index (χ0) is 17.3. The number of pyridine rings is 1. The van der Waals surface area contributed by atoms with Gasteiger partial charge in [-0.2, -0.15) is 0 Å². The average Bonchev–Trinajstić information content (AvgIpc) is 2.95. The summed E-state index contributed by atoms with van der Waals surface area (Å²) in [6.07, 6.45) is 11.6. The smallest absolute Gasteiger partial charge is 0.252 e. The maximum Gasteiger partial charge on any atom is 0.252 e. The van der Waals surface area contributed by atoms with Gasteiger partial charge in [0.15, 0.2) is 0 Å². The van der Waals surface area contributed by atoms with Gasteiger partial charge in [-0.1, -0.05) is 12.8 Å². The molecule has 3 rings (SSSR count). The number of amides is 1. The molecule has 0 unspecified atom stereocenters. The third-order valence-corrected chi connectivity index (χ3v) is 4.22. The fourth-order valence-electron chi connectivity index (χ4n) is 2.87. The summed E-state index contributed by atoms with van der Waals surface area (Å²) in [5.74, 6) is 1.54. The fourth-order valence-corrected chi connectivity index (χ4v) is 2.87. The molecule has 0 saturated carbocycles. The molecule has 0 bridgehead atoms. The van der Waals surface area contributed by atoms with E-state index < -0.39 is 0 Å². The lowest BCUT2D eigenvalue weighted by atomic mass is 10.2. The Labute approximate surface area is 147 Å². The average molecular weight is 340 g/mol. The molecule has 1 aliphatic heterocycles. The van der Waals surface area contributed by atoms with Crippen molar-refractivity contribution in [1.82, 2.24) is 20.3 Å². The molecule has 1 saturated heterocycles. The lowest BCUT2D eigenvalue weighted by Crippen LogP contribution is -2.29. The van der Waals surface area contributed by atoms with Crippen LogP contribution in [0.5, 0.6) is 0 Å². The highest BCUT2D eigenvalue weighted by Gasteiger charge is 2.12. The van der Waals surface area contributed by atoms with Crippen molar-refractivity contribution >= 4 is 17.5 Å². The van der Waals surface area contributed by atoms with E-state index >= 15 is 0 Å². The molecule has 7 heteroatoms. The van der Waals surface area contributed by atoms with Crippen molar-refractivity contribution < 1.29 is 4.79 Å². The largest absolute Gasteiger partial charge is 0.367 e. The van der Waals surface area contributed by atoms with Crippen LogP contribution >= 0.6 is 0 Å². The second-order valence-electron chi connectivity index (χ2n) is 6.08. The summed E-state index contributed by atoms with van der Waals surface area (Å²) < 4.78 is 0. The van der Waals surface area contributed by atoms with Gasteiger partial charge in [0, 0.05) is 44.8 Å². The summed E-state index contributed by atoms with van der Waals surface area (Å²) in [4.78, 5) is 27.0. The Balaban J connectivity index is 1.45. The van der Waals surface area contributed by atoms with Gasteiger partial charge >= 0.3 is 0 Å². The summed E-state index contributed by atoms with van der Waals surface area (Å²) in [6, 6.07) is 3.79. The summed E-state index contributed by atoms with van der Waals surface area (Å²) in [5.41, 5.74) is 0.582. The molecule has 1 aliphatic rings. The Morgan fingerprint density at radius 1 is 1.00 bits per heavy atom. The molecule has 7 nitrogen and oxygen atoms in total. The maximum atomic E-state index is 12.2. The van der Waals surface area contributed by atoms with Crippen LogP contribution in [0, 0.1) is 0 Å². The van der Waals surface area contributed by atoms with Crippen LogP contribution in [0.15, 0.2) is 36.9 Å². The zero-order valence-corrected chi connectivity index (χ0v) is 14.3. The monoisotopic (exact) mass is 340 g/mol. The predicted octanol–water partition coefficient (Wildman–Crippen LogP) is 2.09. The minimum Gasteiger partial charge on any atom is -0.367 e. The molecular formula is C18H24N6O. The molecular weight excluding hydrogens is 316 g/mol. The highest BCUT2D eigenvalue weighted by atomic mass is 16.1. The first-order valence-electron chi connectivity index (χ1n) is 8.82. The van der Waals surface area contributed by atoms with Crippen molar-refractivity contribution in [3.05, 3.63) is 42.5 Å². The van der Waals surface area contributed by atoms with Crippen LogP contribution in [0.4, 0.5) is 11.6 Å². The number of rotatable bonds is 6. The SMILES string of the molecule is O=C(NCCNc1cnccn1)c1ccc(N2CCCCCC2)nc1. The number of nitrogens with one attached hydrogen (secondary N) is 2. The minimum absolute atomic E-state index is 0.115. The summed E-state index contributed by atoms with van der Waals surface area (Å²) >= 11 is 0. The van der Waals surface area contributed by atoms with Gasteiger partial charge in [-0.05, 0) is 25.0 Å². The van der Waals surface area contributed by atoms with Crippen molar-refractivity contribution in [1.29, 1.82) is 0 Å². The highest BCUT2D eigenvalue weighted by molar-refractivity contribution is 5.94. The predicted molar refractivity (Wildman–Crippen MR) is 97.8 cm³/mol. The number of aromatic nitrogens is 3. The Morgan fingerprint density at radius 2 is 1.84 bits per heavy atom. The van der Waals surface area contributed by atoms with E-state index in [2.05, 4.69) is 30.5 Å². The maximum absolute atomic E-state index is 12.2. The summed E-state index contributed by atoms with van der Waals surface area (Å²) in [7, 11) is 0. The summed E-state index contributed by atoms with van der Waals surface area (Å²) in [5, 5.41) is 5.97. The second kappa shape index (κ2) is 8.96. The van der Waals surface area contributed by atoms with Gasteiger partial charge in [0.25, 0.3) is 5.91 Å². The topological polar surface area (TPSA) is 83.0 Å². The van der Waals surface area contributed by atoms with Crippen LogP contribution in [0.25, 0.3) is 0 Å². The third-order valence-electron chi connectivity index (χ3n) is 4.22. The number of carbonyl (C=O) groups excluding carboxylic acids is 1. The van der Waals surface area contributed by atoms with Crippen LogP contribution in [0.3, 0.4) is 0 Å². The molecule has 0 atom stereocenters. The molecule has 25 heavy (non-hydrogen) atoms. The van der Waals surface area contributed by atoms with Crippen molar-refractivity contribution in [3.63, 3.8) is 0 Å².